The number of anilines is 2. The molecule has 1 aliphatic rings. The molecule has 3 rings (SSSR count). The molecule has 144 valence electrons. The van der Waals surface area contributed by atoms with E-state index in [1.807, 2.05) is 0 Å². The summed E-state index contributed by atoms with van der Waals surface area (Å²) in [5.74, 6) is 0.941. The van der Waals surface area contributed by atoms with E-state index in [0.717, 1.165) is 6.42 Å². The predicted octanol–water partition coefficient (Wildman–Crippen LogP) is 2.89. The quantitative estimate of drug-likeness (QED) is 0.849. The Morgan fingerprint density at radius 2 is 1.78 bits per heavy atom. The Labute approximate surface area is 158 Å². The third kappa shape index (κ3) is 4.16. The first-order valence-electron chi connectivity index (χ1n) is 8.58. The van der Waals surface area contributed by atoms with Crippen LogP contribution in [0.3, 0.4) is 0 Å². The van der Waals surface area contributed by atoms with Gasteiger partial charge in [-0.1, -0.05) is 0 Å². The van der Waals surface area contributed by atoms with E-state index in [-0.39, 0.29) is 11.7 Å². The maximum Gasteiger partial charge on any atom is 0.255 e. The third-order valence-electron chi connectivity index (χ3n) is 4.42. The van der Waals surface area contributed by atoms with E-state index in [0.29, 0.717) is 41.4 Å². The van der Waals surface area contributed by atoms with Crippen molar-refractivity contribution in [1.82, 2.24) is 0 Å². The molecule has 0 unspecified atom stereocenters. The normalized spacial score (nSPS) is 15.9. The van der Waals surface area contributed by atoms with Crippen LogP contribution in [0.2, 0.25) is 0 Å². The smallest absolute Gasteiger partial charge is 0.255 e. The van der Waals surface area contributed by atoms with E-state index >= 15 is 0 Å². The first-order valence-corrected chi connectivity index (χ1v) is 10.2. The summed E-state index contributed by atoms with van der Waals surface area (Å²) in [6, 6.07) is 11.6. The molecule has 0 radical (unpaired) electrons. The van der Waals surface area contributed by atoms with Crippen molar-refractivity contribution in [1.29, 1.82) is 0 Å². The van der Waals surface area contributed by atoms with Crippen molar-refractivity contribution in [3.63, 3.8) is 0 Å². The second-order valence-corrected chi connectivity index (χ2v) is 8.18. The Bertz CT molecular complexity index is 926. The molecule has 1 N–H and O–H groups in total. The minimum atomic E-state index is -3.27. The zero-order chi connectivity index (χ0) is 19.4. The van der Waals surface area contributed by atoms with Crippen molar-refractivity contribution in [3.05, 3.63) is 48.0 Å². The van der Waals surface area contributed by atoms with Gasteiger partial charge in [-0.05, 0) is 49.2 Å². The van der Waals surface area contributed by atoms with Gasteiger partial charge >= 0.3 is 0 Å². The van der Waals surface area contributed by atoms with Crippen LogP contribution in [0.1, 0.15) is 23.2 Å². The van der Waals surface area contributed by atoms with Crippen molar-refractivity contribution in [2.75, 3.05) is 36.1 Å². The van der Waals surface area contributed by atoms with Crippen LogP contribution >= 0.6 is 0 Å². The minimum Gasteiger partial charge on any atom is -0.497 e. The van der Waals surface area contributed by atoms with Crippen molar-refractivity contribution >= 4 is 27.3 Å². The number of hydrogen-bond acceptors (Lipinski definition) is 5. The zero-order valence-corrected chi connectivity index (χ0v) is 16.1. The largest absolute Gasteiger partial charge is 0.497 e. The molecule has 1 saturated heterocycles. The van der Waals surface area contributed by atoms with Crippen LogP contribution in [-0.2, 0) is 10.0 Å². The second kappa shape index (κ2) is 7.87. The fraction of sp³-hybridized carbons (Fsp3) is 0.316. The molecule has 0 spiro atoms. The Hall–Kier alpha value is -2.74. The Kier molecular flexibility index (Phi) is 5.55. The lowest BCUT2D eigenvalue weighted by Gasteiger charge is -2.28. The summed E-state index contributed by atoms with van der Waals surface area (Å²) in [7, 11) is -0.211. The SMILES string of the molecule is COc1ccc(OC)c(NC(=O)c2ccc(N3CCCCS3(=O)=O)cc2)c1. The van der Waals surface area contributed by atoms with Gasteiger partial charge in [0.25, 0.3) is 5.91 Å². The summed E-state index contributed by atoms with van der Waals surface area (Å²) in [5, 5.41) is 2.79. The molecule has 8 heteroatoms. The Morgan fingerprint density at radius 3 is 2.41 bits per heavy atom. The van der Waals surface area contributed by atoms with Gasteiger partial charge in [0.15, 0.2) is 0 Å². The average molecular weight is 390 g/mol. The summed E-state index contributed by atoms with van der Waals surface area (Å²) in [5.41, 5.74) is 1.48. The summed E-state index contributed by atoms with van der Waals surface area (Å²) in [6.45, 7) is 0.467. The van der Waals surface area contributed by atoms with E-state index in [1.165, 1.54) is 11.4 Å². The highest BCUT2D eigenvalue weighted by atomic mass is 32.2. The van der Waals surface area contributed by atoms with Gasteiger partial charge in [0.05, 0.1) is 31.3 Å². The minimum absolute atomic E-state index is 0.158. The van der Waals surface area contributed by atoms with E-state index < -0.39 is 10.0 Å². The number of ether oxygens (including phenoxy) is 2. The Balaban J connectivity index is 1.78. The van der Waals surface area contributed by atoms with E-state index in [9.17, 15) is 13.2 Å². The molecule has 0 aromatic heterocycles. The number of carbonyl (C=O) groups excluding carboxylic acids is 1. The van der Waals surface area contributed by atoms with Crippen LogP contribution < -0.4 is 19.1 Å². The highest BCUT2D eigenvalue weighted by Gasteiger charge is 2.26. The molecule has 1 fully saturated rings. The molecule has 1 aliphatic heterocycles. The second-order valence-electron chi connectivity index (χ2n) is 6.16. The lowest BCUT2D eigenvalue weighted by molar-refractivity contribution is 0.102. The monoisotopic (exact) mass is 390 g/mol. The lowest BCUT2D eigenvalue weighted by atomic mass is 10.1. The van der Waals surface area contributed by atoms with Crippen LogP contribution in [0.4, 0.5) is 11.4 Å². The topological polar surface area (TPSA) is 84.9 Å². The summed E-state index contributed by atoms with van der Waals surface area (Å²) in [4.78, 5) is 12.6. The third-order valence-corrected chi connectivity index (χ3v) is 6.29. The van der Waals surface area contributed by atoms with Crippen molar-refractivity contribution < 1.29 is 22.7 Å². The highest BCUT2D eigenvalue weighted by Crippen LogP contribution is 2.29. The first kappa shape index (κ1) is 19.0. The molecule has 1 heterocycles. The molecule has 1 amide bonds. The molecular weight excluding hydrogens is 368 g/mol. The Morgan fingerprint density at radius 1 is 1.04 bits per heavy atom. The maximum atomic E-state index is 12.6. The van der Waals surface area contributed by atoms with Gasteiger partial charge in [-0.2, -0.15) is 0 Å². The highest BCUT2D eigenvalue weighted by molar-refractivity contribution is 7.92. The van der Waals surface area contributed by atoms with Gasteiger partial charge in [0.1, 0.15) is 11.5 Å². The number of carbonyl (C=O) groups is 1. The summed E-state index contributed by atoms with van der Waals surface area (Å²) >= 11 is 0. The van der Waals surface area contributed by atoms with E-state index in [2.05, 4.69) is 5.32 Å². The average Bonchev–Trinajstić information content (AvgIpc) is 2.67. The van der Waals surface area contributed by atoms with E-state index in [1.54, 1.807) is 49.6 Å². The van der Waals surface area contributed by atoms with Gasteiger partial charge < -0.3 is 14.8 Å². The molecule has 7 nitrogen and oxygen atoms in total. The number of nitrogens with one attached hydrogen (secondary N) is 1. The van der Waals surface area contributed by atoms with Crippen LogP contribution in [0.15, 0.2) is 42.5 Å². The molecule has 0 aliphatic carbocycles. The number of nitrogens with zero attached hydrogens (tertiary/aromatic N) is 1. The fourth-order valence-corrected chi connectivity index (χ4v) is 4.60. The van der Waals surface area contributed by atoms with Crippen LogP contribution in [0.25, 0.3) is 0 Å². The summed E-state index contributed by atoms with van der Waals surface area (Å²) < 4.78 is 36.2. The maximum absolute atomic E-state index is 12.6. The molecule has 0 saturated carbocycles. The molecule has 27 heavy (non-hydrogen) atoms. The van der Waals surface area contributed by atoms with Gasteiger partial charge in [-0.25, -0.2) is 8.42 Å². The number of sulfonamides is 1. The number of benzene rings is 2. The first-order chi connectivity index (χ1) is 12.9. The van der Waals surface area contributed by atoms with Crippen molar-refractivity contribution in [3.8, 4) is 11.5 Å². The van der Waals surface area contributed by atoms with Crippen LogP contribution in [0.5, 0.6) is 11.5 Å². The molecular formula is C19H22N2O5S. The standard InChI is InChI=1S/C19H22N2O5S/c1-25-16-9-10-18(26-2)17(13-16)20-19(22)14-5-7-15(8-6-14)21-11-3-4-12-27(21,23)24/h5-10,13H,3-4,11-12H2,1-2H3,(H,20,22). The van der Waals surface area contributed by atoms with Gasteiger partial charge in [-0.15, -0.1) is 0 Å². The van der Waals surface area contributed by atoms with E-state index in [4.69, 9.17) is 9.47 Å². The molecule has 2 aromatic carbocycles. The lowest BCUT2D eigenvalue weighted by Crippen LogP contribution is -2.37. The number of amides is 1. The molecule has 2 aromatic rings. The van der Waals surface area contributed by atoms with Crippen LogP contribution in [0, 0.1) is 0 Å². The number of hydrogen-bond donors (Lipinski definition) is 1. The van der Waals surface area contributed by atoms with Crippen LogP contribution in [-0.4, -0.2) is 40.8 Å². The molecule has 0 bridgehead atoms. The fourth-order valence-electron chi connectivity index (χ4n) is 2.96. The van der Waals surface area contributed by atoms with Gasteiger partial charge in [0, 0.05) is 18.2 Å². The number of rotatable bonds is 5. The molecule has 0 atom stereocenters. The zero-order valence-electron chi connectivity index (χ0n) is 15.3. The number of methoxy groups -OCH3 is 2. The predicted molar refractivity (Wildman–Crippen MR) is 104 cm³/mol. The van der Waals surface area contributed by atoms with Gasteiger partial charge in [0.2, 0.25) is 10.0 Å². The van der Waals surface area contributed by atoms with Gasteiger partial charge in [-0.3, -0.25) is 9.10 Å². The van der Waals surface area contributed by atoms with Crippen molar-refractivity contribution in [2.45, 2.75) is 12.8 Å². The summed E-state index contributed by atoms with van der Waals surface area (Å²) in [6.07, 6.45) is 1.51. The van der Waals surface area contributed by atoms with Crippen molar-refractivity contribution in [2.24, 2.45) is 0 Å².